The van der Waals surface area contributed by atoms with Crippen molar-refractivity contribution in [1.82, 2.24) is 14.9 Å². The zero-order valence-electron chi connectivity index (χ0n) is 15.7. The highest BCUT2D eigenvalue weighted by molar-refractivity contribution is 5.86. The Morgan fingerprint density at radius 1 is 1.07 bits per heavy atom. The van der Waals surface area contributed by atoms with Gasteiger partial charge in [0.25, 0.3) is 0 Å². The van der Waals surface area contributed by atoms with E-state index in [0.717, 1.165) is 29.4 Å². The van der Waals surface area contributed by atoms with Gasteiger partial charge in [-0.25, -0.2) is 9.97 Å². The minimum atomic E-state index is -0.390. The first-order valence-corrected chi connectivity index (χ1v) is 9.27. The SMILES string of the molecule is CN1CCN(c2ncnc(NCc3cccc4ccccc34)c2[N+](=O)[O-])CC1. The van der Waals surface area contributed by atoms with Gasteiger partial charge < -0.3 is 15.1 Å². The predicted molar refractivity (Wildman–Crippen MR) is 110 cm³/mol. The largest absolute Gasteiger partial charge is 0.360 e. The number of fused-ring (bicyclic) bond motifs is 1. The van der Waals surface area contributed by atoms with Gasteiger partial charge in [0.05, 0.1) is 4.92 Å². The minimum absolute atomic E-state index is 0.0627. The third-order valence-electron chi connectivity index (χ3n) is 5.11. The molecule has 8 heteroatoms. The Bertz CT molecular complexity index is 996. The molecule has 1 aliphatic heterocycles. The number of piperazine rings is 1. The number of hydrogen-bond donors (Lipinski definition) is 1. The van der Waals surface area contributed by atoms with Gasteiger partial charge in [-0.1, -0.05) is 42.5 Å². The van der Waals surface area contributed by atoms with E-state index in [1.54, 1.807) is 0 Å². The Morgan fingerprint density at radius 3 is 2.61 bits per heavy atom. The van der Waals surface area contributed by atoms with Crippen LogP contribution in [0.25, 0.3) is 10.8 Å². The molecule has 2 heterocycles. The third-order valence-corrected chi connectivity index (χ3v) is 5.11. The quantitative estimate of drug-likeness (QED) is 0.539. The van der Waals surface area contributed by atoms with Gasteiger partial charge in [0, 0.05) is 32.7 Å². The molecule has 0 spiro atoms. The molecule has 1 aliphatic rings. The summed E-state index contributed by atoms with van der Waals surface area (Å²) in [5, 5.41) is 17.2. The number of hydrogen-bond acceptors (Lipinski definition) is 7. The van der Waals surface area contributed by atoms with Crippen molar-refractivity contribution in [3.05, 3.63) is 64.5 Å². The highest BCUT2D eigenvalue weighted by atomic mass is 16.6. The molecular weight excluding hydrogens is 356 g/mol. The van der Waals surface area contributed by atoms with Gasteiger partial charge in [-0.2, -0.15) is 0 Å². The molecule has 1 aromatic heterocycles. The lowest BCUT2D eigenvalue weighted by Gasteiger charge is -2.32. The van der Waals surface area contributed by atoms with Crippen molar-refractivity contribution >= 4 is 28.1 Å². The molecule has 0 aliphatic carbocycles. The van der Waals surface area contributed by atoms with Crippen LogP contribution < -0.4 is 10.2 Å². The molecule has 0 atom stereocenters. The molecule has 0 amide bonds. The number of nitrogens with one attached hydrogen (secondary N) is 1. The average molecular weight is 378 g/mol. The van der Waals surface area contributed by atoms with Crippen molar-refractivity contribution in [3.8, 4) is 0 Å². The summed E-state index contributed by atoms with van der Waals surface area (Å²) in [5.74, 6) is 0.635. The van der Waals surface area contributed by atoms with Crippen LogP contribution in [0.15, 0.2) is 48.8 Å². The van der Waals surface area contributed by atoms with Crippen LogP contribution in [0.4, 0.5) is 17.3 Å². The van der Waals surface area contributed by atoms with E-state index in [4.69, 9.17) is 0 Å². The van der Waals surface area contributed by atoms with E-state index in [1.165, 1.54) is 6.33 Å². The summed E-state index contributed by atoms with van der Waals surface area (Å²) in [4.78, 5) is 24.0. The zero-order valence-corrected chi connectivity index (χ0v) is 15.7. The van der Waals surface area contributed by atoms with Crippen molar-refractivity contribution in [2.75, 3.05) is 43.4 Å². The number of likely N-dealkylation sites (N-methyl/N-ethyl adjacent to an activating group) is 1. The van der Waals surface area contributed by atoms with E-state index in [9.17, 15) is 10.1 Å². The van der Waals surface area contributed by atoms with Crippen LogP contribution in [0.1, 0.15) is 5.56 Å². The fraction of sp³-hybridized carbons (Fsp3) is 0.300. The molecule has 1 fully saturated rings. The number of benzene rings is 2. The first kappa shape index (κ1) is 18.1. The van der Waals surface area contributed by atoms with Gasteiger partial charge >= 0.3 is 5.69 Å². The summed E-state index contributed by atoms with van der Waals surface area (Å²) >= 11 is 0. The van der Waals surface area contributed by atoms with E-state index in [1.807, 2.05) is 36.2 Å². The molecule has 0 saturated carbocycles. The van der Waals surface area contributed by atoms with Crippen molar-refractivity contribution in [1.29, 1.82) is 0 Å². The highest BCUT2D eigenvalue weighted by Crippen LogP contribution is 2.32. The summed E-state index contributed by atoms with van der Waals surface area (Å²) in [6.45, 7) is 3.55. The molecule has 4 rings (SSSR count). The van der Waals surface area contributed by atoms with Crippen LogP contribution in [-0.4, -0.2) is 53.0 Å². The van der Waals surface area contributed by atoms with Gasteiger partial charge in [-0.15, -0.1) is 0 Å². The number of rotatable bonds is 5. The van der Waals surface area contributed by atoms with E-state index in [0.29, 0.717) is 25.5 Å². The Kier molecular flexibility index (Phi) is 5.03. The lowest BCUT2D eigenvalue weighted by Crippen LogP contribution is -2.45. The fourth-order valence-corrected chi connectivity index (χ4v) is 3.54. The zero-order chi connectivity index (χ0) is 19.5. The van der Waals surface area contributed by atoms with Crippen LogP contribution in [0.3, 0.4) is 0 Å². The summed E-state index contributed by atoms with van der Waals surface area (Å²) in [6, 6.07) is 14.2. The van der Waals surface area contributed by atoms with Crippen molar-refractivity contribution in [2.24, 2.45) is 0 Å². The van der Waals surface area contributed by atoms with E-state index < -0.39 is 0 Å². The second kappa shape index (κ2) is 7.77. The van der Waals surface area contributed by atoms with Crippen molar-refractivity contribution < 1.29 is 4.92 Å². The Labute approximate surface area is 163 Å². The monoisotopic (exact) mass is 378 g/mol. The van der Waals surface area contributed by atoms with E-state index in [-0.39, 0.29) is 16.4 Å². The first-order chi connectivity index (χ1) is 13.6. The van der Waals surface area contributed by atoms with Gasteiger partial charge in [-0.3, -0.25) is 10.1 Å². The maximum absolute atomic E-state index is 11.8. The Hall–Kier alpha value is -3.26. The van der Waals surface area contributed by atoms with Crippen LogP contribution in [0, 0.1) is 10.1 Å². The first-order valence-electron chi connectivity index (χ1n) is 9.27. The molecule has 0 radical (unpaired) electrons. The Balaban J connectivity index is 1.62. The molecule has 144 valence electrons. The lowest BCUT2D eigenvalue weighted by molar-refractivity contribution is -0.383. The molecule has 3 aromatic rings. The fourth-order valence-electron chi connectivity index (χ4n) is 3.54. The smallest absolute Gasteiger partial charge is 0.353 e. The van der Waals surface area contributed by atoms with Gasteiger partial charge in [0.2, 0.25) is 11.6 Å². The summed E-state index contributed by atoms with van der Waals surface area (Å²) in [5.41, 5.74) is 0.999. The van der Waals surface area contributed by atoms with Gasteiger partial charge in [0.15, 0.2) is 0 Å². The minimum Gasteiger partial charge on any atom is -0.360 e. The van der Waals surface area contributed by atoms with Crippen LogP contribution in [-0.2, 0) is 6.54 Å². The maximum atomic E-state index is 11.8. The highest BCUT2D eigenvalue weighted by Gasteiger charge is 2.28. The van der Waals surface area contributed by atoms with Gasteiger partial charge in [0.1, 0.15) is 6.33 Å². The van der Waals surface area contributed by atoms with Crippen molar-refractivity contribution in [3.63, 3.8) is 0 Å². The Morgan fingerprint density at radius 2 is 1.82 bits per heavy atom. The van der Waals surface area contributed by atoms with Gasteiger partial charge in [-0.05, 0) is 23.4 Å². The average Bonchev–Trinajstić information content (AvgIpc) is 2.72. The number of nitrogens with zero attached hydrogens (tertiary/aromatic N) is 5. The predicted octanol–water partition coefficient (Wildman–Crippen LogP) is 2.90. The molecule has 2 aromatic carbocycles. The molecule has 8 nitrogen and oxygen atoms in total. The van der Waals surface area contributed by atoms with Crippen LogP contribution in [0.2, 0.25) is 0 Å². The topological polar surface area (TPSA) is 87.4 Å². The van der Waals surface area contributed by atoms with Crippen LogP contribution in [0.5, 0.6) is 0 Å². The lowest BCUT2D eigenvalue weighted by atomic mass is 10.0. The number of anilines is 2. The normalized spacial score (nSPS) is 15.0. The molecule has 0 bridgehead atoms. The second-order valence-electron chi connectivity index (χ2n) is 6.93. The molecule has 1 saturated heterocycles. The van der Waals surface area contributed by atoms with E-state index >= 15 is 0 Å². The third kappa shape index (κ3) is 3.59. The summed E-state index contributed by atoms with van der Waals surface area (Å²) < 4.78 is 0. The second-order valence-corrected chi connectivity index (χ2v) is 6.93. The van der Waals surface area contributed by atoms with Crippen molar-refractivity contribution in [2.45, 2.75) is 6.54 Å². The molecule has 0 unspecified atom stereocenters. The van der Waals surface area contributed by atoms with E-state index in [2.05, 4.69) is 38.4 Å². The summed E-state index contributed by atoms with van der Waals surface area (Å²) in [7, 11) is 2.04. The molecule has 28 heavy (non-hydrogen) atoms. The maximum Gasteiger partial charge on any atom is 0.353 e. The standard InChI is InChI=1S/C20H22N6O2/c1-24-9-11-25(12-10-24)20-18(26(27)28)19(22-14-23-20)21-13-16-7-4-6-15-5-2-3-8-17(15)16/h2-8,14H,9-13H2,1H3,(H,21,22,23). The molecular formula is C20H22N6O2. The summed E-state index contributed by atoms with van der Waals surface area (Å²) in [6.07, 6.45) is 1.39. The number of aromatic nitrogens is 2. The number of nitro groups is 1. The van der Waals surface area contributed by atoms with Crippen LogP contribution >= 0.6 is 0 Å². The molecule has 1 N–H and O–H groups in total.